The Labute approximate surface area is 96.5 Å². The number of ketones is 1. The zero-order chi connectivity index (χ0) is 12.6. The lowest BCUT2D eigenvalue weighted by atomic mass is 9.64. The Morgan fingerprint density at radius 2 is 2.12 bits per heavy atom. The highest BCUT2D eigenvalue weighted by molar-refractivity contribution is 5.87. The van der Waals surface area contributed by atoms with Gasteiger partial charge in [-0.05, 0) is 38.0 Å². The van der Waals surface area contributed by atoms with Crippen LogP contribution < -0.4 is 0 Å². The SMILES string of the molecule is CC(=O)/C=C/[C@@]1(O)C(C)=C[C@@H](O)CC1(C)C. The molecule has 16 heavy (non-hydrogen) atoms. The van der Waals surface area contributed by atoms with E-state index in [1.807, 2.05) is 13.8 Å². The molecule has 1 rings (SSSR count). The van der Waals surface area contributed by atoms with Gasteiger partial charge in [-0.2, -0.15) is 0 Å². The highest BCUT2D eigenvalue weighted by atomic mass is 16.3. The van der Waals surface area contributed by atoms with Gasteiger partial charge in [0.05, 0.1) is 6.10 Å². The molecule has 0 radical (unpaired) electrons. The minimum atomic E-state index is -1.15. The molecule has 3 heteroatoms. The molecule has 0 aromatic heterocycles. The van der Waals surface area contributed by atoms with Gasteiger partial charge in [-0.15, -0.1) is 0 Å². The van der Waals surface area contributed by atoms with Crippen LogP contribution >= 0.6 is 0 Å². The standard InChI is InChI=1S/C13H20O3/c1-9-7-11(15)8-12(3,4)13(9,16)6-5-10(2)14/h5-7,11,15-16H,8H2,1-4H3/b6-5+/t11-,13-/m1/s1. The van der Waals surface area contributed by atoms with E-state index in [2.05, 4.69) is 0 Å². The molecule has 0 spiro atoms. The van der Waals surface area contributed by atoms with Crippen molar-refractivity contribution in [2.24, 2.45) is 5.41 Å². The first-order valence-corrected chi connectivity index (χ1v) is 5.48. The topological polar surface area (TPSA) is 57.5 Å². The first-order chi connectivity index (χ1) is 7.19. The lowest BCUT2D eigenvalue weighted by Gasteiger charge is -2.46. The third-order valence-corrected chi connectivity index (χ3v) is 3.35. The average molecular weight is 224 g/mol. The quantitative estimate of drug-likeness (QED) is 0.553. The largest absolute Gasteiger partial charge is 0.389 e. The molecular weight excluding hydrogens is 204 g/mol. The minimum absolute atomic E-state index is 0.0943. The molecule has 0 unspecified atom stereocenters. The predicted molar refractivity (Wildman–Crippen MR) is 62.9 cm³/mol. The summed E-state index contributed by atoms with van der Waals surface area (Å²) in [6.07, 6.45) is 4.52. The maximum absolute atomic E-state index is 10.9. The van der Waals surface area contributed by atoms with Gasteiger partial charge >= 0.3 is 0 Å². The zero-order valence-electron chi connectivity index (χ0n) is 10.3. The van der Waals surface area contributed by atoms with Crippen molar-refractivity contribution in [3.63, 3.8) is 0 Å². The first kappa shape index (κ1) is 13.1. The molecule has 0 aliphatic heterocycles. The molecule has 0 amide bonds. The Kier molecular flexibility index (Phi) is 3.41. The van der Waals surface area contributed by atoms with Gasteiger partial charge < -0.3 is 10.2 Å². The summed E-state index contributed by atoms with van der Waals surface area (Å²) in [5.74, 6) is -0.0943. The van der Waals surface area contributed by atoms with Gasteiger partial charge in [0, 0.05) is 5.41 Å². The fourth-order valence-electron chi connectivity index (χ4n) is 2.28. The van der Waals surface area contributed by atoms with Gasteiger partial charge in [0.25, 0.3) is 0 Å². The van der Waals surface area contributed by atoms with Crippen molar-refractivity contribution in [2.45, 2.75) is 45.8 Å². The fourth-order valence-corrected chi connectivity index (χ4v) is 2.28. The normalized spacial score (nSPS) is 33.9. The summed E-state index contributed by atoms with van der Waals surface area (Å²) >= 11 is 0. The molecular formula is C13H20O3. The molecule has 0 aromatic rings. The molecule has 2 atom stereocenters. The molecule has 0 bridgehead atoms. The van der Waals surface area contributed by atoms with Crippen LogP contribution in [0.25, 0.3) is 0 Å². The van der Waals surface area contributed by atoms with Crippen LogP contribution in [0, 0.1) is 5.41 Å². The number of allylic oxidation sites excluding steroid dienone is 1. The van der Waals surface area contributed by atoms with Crippen LogP contribution in [0.15, 0.2) is 23.8 Å². The Hall–Kier alpha value is -0.930. The van der Waals surface area contributed by atoms with E-state index >= 15 is 0 Å². The number of rotatable bonds is 2. The van der Waals surface area contributed by atoms with E-state index in [4.69, 9.17) is 0 Å². The van der Waals surface area contributed by atoms with Crippen molar-refractivity contribution in [3.8, 4) is 0 Å². The highest BCUT2D eigenvalue weighted by Gasteiger charge is 2.46. The molecule has 90 valence electrons. The Bertz CT molecular complexity index is 352. The molecule has 1 aliphatic carbocycles. The highest BCUT2D eigenvalue weighted by Crippen LogP contribution is 2.45. The van der Waals surface area contributed by atoms with Gasteiger partial charge in [0.2, 0.25) is 0 Å². The van der Waals surface area contributed by atoms with E-state index in [1.54, 1.807) is 13.0 Å². The van der Waals surface area contributed by atoms with Gasteiger partial charge in [0.15, 0.2) is 5.78 Å². The molecule has 0 fully saturated rings. The van der Waals surface area contributed by atoms with Crippen LogP contribution in [-0.2, 0) is 4.79 Å². The molecule has 0 saturated carbocycles. The number of hydrogen-bond acceptors (Lipinski definition) is 3. The van der Waals surface area contributed by atoms with Crippen LogP contribution in [0.5, 0.6) is 0 Å². The van der Waals surface area contributed by atoms with Crippen LogP contribution in [0.2, 0.25) is 0 Å². The van der Waals surface area contributed by atoms with E-state index < -0.39 is 17.1 Å². The monoisotopic (exact) mass is 224 g/mol. The second kappa shape index (κ2) is 4.15. The van der Waals surface area contributed by atoms with E-state index in [0.717, 1.165) is 0 Å². The Morgan fingerprint density at radius 3 is 2.56 bits per heavy atom. The number of carbonyl (C=O) groups excluding carboxylic acids is 1. The van der Waals surface area contributed by atoms with Crippen molar-refractivity contribution >= 4 is 5.78 Å². The lowest BCUT2D eigenvalue weighted by molar-refractivity contribution is -0.112. The summed E-state index contributed by atoms with van der Waals surface area (Å²) in [6, 6.07) is 0. The van der Waals surface area contributed by atoms with Gasteiger partial charge in [0.1, 0.15) is 5.60 Å². The Morgan fingerprint density at radius 1 is 1.56 bits per heavy atom. The van der Waals surface area contributed by atoms with Crippen molar-refractivity contribution in [1.29, 1.82) is 0 Å². The van der Waals surface area contributed by atoms with Crippen LogP contribution in [-0.4, -0.2) is 27.7 Å². The lowest BCUT2D eigenvalue weighted by Crippen LogP contribution is -2.48. The molecule has 1 aliphatic rings. The summed E-state index contributed by atoms with van der Waals surface area (Å²) in [5.41, 5.74) is -0.955. The number of aliphatic hydroxyl groups is 2. The summed E-state index contributed by atoms with van der Waals surface area (Å²) in [5, 5.41) is 20.3. The predicted octanol–water partition coefficient (Wildman–Crippen LogP) is 1.60. The Balaban J connectivity index is 3.16. The molecule has 2 N–H and O–H groups in total. The summed E-state index contributed by atoms with van der Waals surface area (Å²) in [4.78, 5) is 10.9. The zero-order valence-corrected chi connectivity index (χ0v) is 10.3. The van der Waals surface area contributed by atoms with Gasteiger partial charge in [-0.3, -0.25) is 4.79 Å². The second-order valence-corrected chi connectivity index (χ2v) is 5.22. The van der Waals surface area contributed by atoms with Crippen molar-refractivity contribution < 1.29 is 15.0 Å². The molecule has 0 aromatic carbocycles. The van der Waals surface area contributed by atoms with Crippen molar-refractivity contribution in [3.05, 3.63) is 23.8 Å². The average Bonchev–Trinajstić information content (AvgIpc) is 2.10. The van der Waals surface area contributed by atoms with Gasteiger partial charge in [-0.1, -0.05) is 19.9 Å². The van der Waals surface area contributed by atoms with Crippen LogP contribution in [0.4, 0.5) is 0 Å². The van der Waals surface area contributed by atoms with E-state index in [-0.39, 0.29) is 5.78 Å². The van der Waals surface area contributed by atoms with E-state index in [0.29, 0.717) is 12.0 Å². The molecule has 0 heterocycles. The van der Waals surface area contributed by atoms with E-state index in [9.17, 15) is 15.0 Å². The molecule has 0 saturated heterocycles. The van der Waals surface area contributed by atoms with Crippen molar-refractivity contribution in [2.75, 3.05) is 0 Å². The molecule has 3 nitrogen and oxygen atoms in total. The summed E-state index contributed by atoms with van der Waals surface area (Å²) in [7, 11) is 0. The number of aliphatic hydroxyl groups excluding tert-OH is 1. The maximum atomic E-state index is 10.9. The first-order valence-electron chi connectivity index (χ1n) is 5.48. The maximum Gasteiger partial charge on any atom is 0.152 e. The smallest absolute Gasteiger partial charge is 0.152 e. The summed E-state index contributed by atoms with van der Waals surface area (Å²) in [6.45, 7) is 6.99. The minimum Gasteiger partial charge on any atom is -0.389 e. The summed E-state index contributed by atoms with van der Waals surface area (Å²) < 4.78 is 0. The number of hydrogen-bond donors (Lipinski definition) is 2. The third-order valence-electron chi connectivity index (χ3n) is 3.35. The van der Waals surface area contributed by atoms with Gasteiger partial charge in [-0.25, -0.2) is 0 Å². The number of carbonyl (C=O) groups is 1. The van der Waals surface area contributed by atoms with Crippen molar-refractivity contribution in [1.82, 2.24) is 0 Å². The fraction of sp³-hybridized carbons (Fsp3) is 0.615. The second-order valence-electron chi connectivity index (χ2n) is 5.22. The third kappa shape index (κ3) is 2.25. The van der Waals surface area contributed by atoms with Crippen LogP contribution in [0.3, 0.4) is 0 Å². The van der Waals surface area contributed by atoms with Crippen LogP contribution in [0.1, 0.15) is 34.1 Å². The van der Waals surface area contributed by atoms with E-state index in [1.165, 1.54) is 19.1 Å².